The SMILES string of the molecule is C/C=C/CCNC(C)(C)C. The van der Waals surface area contributed by atoms with Gasteiger partial charge in [-0.2, -0.15) is 0 Å². The van der Waals surface area contributed by atoms with E-state index in [1.807, 2.05) is 0 Å². The summed E-state index contributed by atoms with van der Waals surface area (Å²) in [7, 11) is 0. The second-order valence-electron chi connectivity index (χ2n) is 3.53. The van der Waals surface area contributed by atoms with Crippen LogP contribution in [0.15, 0.2) is 12.2 Å². The quantitative estimate of drug-likeness (QED) is 0.470. The fourth-order valence-electron chi connectivity index (χ4n) is 0.697. The van der Waals surface area contributed by atoms with Gasteiger partial charge in [0.2, 0.25) is 0 Å². The summed E-state index contributed by atoms with van der Waals surface area (Å²) in [5.41, 5.74) is 0.265. The summed E-state index contributed by atoms with van der Waals surface area (Å²) in [4.78, 5) is 0. The molecule has 0 fully saturated rings. The Kier molecular flexibility index (Phi) is 4.37. The molecule has 0 atom stereocenters. The van der Waals surface area contributed by atoms with Crippen molar-refractivity contribution in [2.45, 2.75) is 39.7 Å². The lowest BCUT2D eigenvalue weighted by Crippen LogP contribution is -2.36. The smallest absolute Gasteiger partial charge is 0.00966 e. The maximum absolute atomic E-state index is 3.41. The van der Waals surface area contributed by atoms with Gasteiger partial charge in [0, 0.05) is 5.54 Å². The van der Waals surface area contributed by atoms with Crippen LogP contribution in [0, 0.1) is 0 Å². The van der Waals surface area contributed by atoms with Gasteiger partial charge in [-0.05, 0) is 40.7 Å². The van der Waals surface area contributed by atoms with E-state index in [-0.39, 0.29) is 5.54 Å². The van der Waals surface area contributed by atoms with Crippen LogP contribution in [0.4, 0.5) is 0 Å². The summed E-state index contributed by atoms with van der Waals surface area (Å²) in [6, 6.07) is 0. The third-order valence-corrected chi connectivity index (χ3v) is 1.20. The highest BCUT2D eigenvalue weighted by Gasteiger charge is 2.05. The van der Waals surface area contributed by atoms with Crippen LogP contribution in [0.2, 0.25) is 0 Å². The molecule has 0 aromatic carbocycles. The first-order chi connectivity index (χ1) is 4.56. The van der Waals surface area contributed by atoms with Crippen molar-refractivity contribution in [3.8, 4) is 0 Å². The van der Waals surface area contributed by atoms with Crippen molar-refractivity contribution < 1.29 is 0 Å². The molecule has 0 saturated heterocycles. The lowest BCUT2D eigenvalue weighted by Gasteiger charge is -2.19. The van der Waals surface area contributed by atoms with Gasteiger partial charge in [0.25, 0.3) is 0 Å². The second kappa shape index (κ2) is 4.51. The summed E-state index contributed by atoms with van der Waals surface area (Å²) >= 11 is 0. The first-order valence-electron chi connectivity index (χ1n) is 3.92. The van der Waals surface area contributed by atoms with Crippen LogP contribution in [-0.2, 0) is 0 Å². The van der Waals surface area contributed by atoms with E-state index in [9.17, 15) is 0 Å². The normalized spacial score (nSPS) is 12.8. The van der Waals surface area contributed by atoms with Crippen LogP contribution in [0.1, 0.15) is 34.1 Å². The zero-order valence-electron chi connectivity index (χ0n) is 7.57. The van der Waals surface area contributed by atoms with Gasteiger partial charge < -0.3 is 5.32 Å². The molecular formula is C9H19N. The molecule has 1 nitrogen and oxygen atoms in total. The fraction of sp³-hybridized carbons (Fsp3) is 0.778. The van der Waals surface area contributed by atoms with Crippen LogP contribution in [0.25, 0.3) is 0 Å². The summed E-state index contributed by atoms with van der Waals surface area (Å²) in [5, 5.41) is 3.41. The predicted molar refractivity (Wildman–Crippen MR) is 47.2 cm³/mol. The van der Waals surface area contributed by atoms with E-state index in [4.69, 9.17) is 0 Å². The minimum atomic E-state index is 0.265. The van der Waals surface area contributed by atoms with Crippen LogP contribution < -0.4 is 5.32 Å². The molecule has 0 rings (SSSR count). The number of rotatable bonds is 3. The molecule has 1 heteroatoms. The van der Waals surface area contributed by atoms with E-state index in [0.29, 0.717) is 0 Å². The molecule has 0 unspecified atom stereocenters. The van der Waals surface area contributed by atoms with E-state index in [0.717, 1.165) is 13.0 Å². The van der Waals surface area contributed by atoms with Crippen LogP contribution >= 0.6 is 0 Å². The molecule has 0 aliphatic carbocycles. The summed E-state index contributed by atoms with van der Waals surface area (Å²) in [6.45, 7) is 9.68. The van der Waals surface area contributed by atoms with Gasteiger partial charge in [0.15, 0.2) is 0 Å². The largest absolute Gasteiger partial charge is 0.312 e. The van der Waals surface area contributed by atoms with Gasteiger partial charge in [-0.3, -0.25) is 0 Å². The Hall–Kier alpha value is -0.300. The third kappa shape index (κ3) is 7.70. The van der Waals surface area contributed by atoms with Gasteiger partial charge >= 0.3 is 0 Å². The van der Waals surface area contributed by atoms with Crippen molar-refractivity contribution in [1.82, 2.24) is 5.32 Å². The average Bonchev–Trinajstić information content (AvgIpc) is 1.78. The van der Waals surface area contributed by atoms with Crippen LogP contribution in [-0.4, -0.2) is 12.1 Å². The highest BCUT2D eigenvalue weighted by molar-refractivity contribution is 4.79. The second-order valence-corrected chi connectivity index (χ2v) is 3.53. The molecule has 0 saturated carbocycles. The molecule has 0 aliphatic heterocycles. The summed E-state index contributed by atoms with van der Waals surface area (Å²) < 4.78 is 0. The number of allylic oxidation sites excluding steroid dienone is 1. The zero-order valence-corrected chi connectivity index (χ0v) is 7.57. The molecule has 0 heterocycles. The number of hydrogen-bond acceptors (Lipinski definition) is 1. The molecular weight excluding hydrogens is 122 g/mol. The van der Waals surface area contributed by atoms with Gasteiger partial charge in [0.1, 0.15) is 0 Å². The molecule has 0 aromatic heterocycles. The van der Waals surface area contributed by atoms with Crippen LogP contribution in [0.5, 0.6) is 0 Å². The maximum Gasteiger partial charge on any atom is 0.00966 e. The van der Waals surface area contributed by atoms with Crippen LogP contribution in [0.3, 0.4) is 0 Å². The van der Waals surface area contributed by atoms with E-state index in [1.165, 1.54) is 0 Å². The topological polar surface area (TPSA) is 12.0 Å². The molecule has 0 bridgehead atoms. The minimum Gasteiger partial charge on any atom is -0.312 e. The molecule has 0 radical (unpaired) electrons. The molecule has 60 valence electrons. The first-order valence-corrected chi connectivity index (χ1v) is 3.92. The summed E-state index contributed by atoms with van der Waals surface area (Å²) in [6.07, 6.45) is 5.40. The van der Waals surface area contributed by atoms with Crippen molar-refractivity contribution in [2.24, 2.45) is 0 Å². The van der Waals surface area contributed by atoms with E-state index < -0.39 is 0 Å². The van der Waals surface area contributed by atoms with Crippen molar-refractivity contribution in [1.29, 1.82) is 0 Å². The first kappa shape index (κ1) is 9.70. The van der Waals surface area contributed by atoms with Crippen molar-refractivity contribution in [3.63, 3.8) is 0 Å². The van der Waals surface area contributed by atoms with Crippen molar-refractivity contribution in [2.75, 3.05) is 6.54 Å². The Labute approximate surface area is 64.5 Å². The van der Waals surface area contributed by atoms with Gasteiger partial charge in [-0.1, -0.05) is 12.2 Å². The summed E-state index contributed by atoms with van der Waals surface area (Å²) in [5.74, 6) is 0. The Morgan fingerprint density at radius 3 is 2.30 bits per heavy atom. The minimum absolute atomic E-state index is 0.265. The number of nitrogens with one attached hydrogen (secondary N) is 1. The van der Waals surface area contributed by atoms with E-state index >= 15 is 0 Å². The highest BCUT2D eigenvalue weighted by atomic mass is 14.9. The molecule has 0 aliphatic rings. The molecule has 0 amide bonds. The van der Waals surface area contributed by atoms with Gasteiger partial charge in [-0.25, -0.2) is 0 Å². The van der Waals surface area contributed by atoms with Gasteiger partial charge in [-0.15, -0.1) is 0 Å². The average molecular weight is 141 g/mol. The molecule has 0 spiro atoms. The van der Waals surface area contributed by atoms with Crippen molar-refractivity contribution in [3.05, 3.63) is 12.2 Å². The molecule has 0 aromatic rings. The standard InChI is InChI=1S/C9H19N/c1-5-6-7-8-10-9(2,3)4/h5-6,10H,7-8H2,1-4H3/b6-5+. The third-order valence-electron chi connectivity index (χ3n) is 1.20. The lowest BCUT2D eigenvalue weighted by molar-refractivity contribution is 0.431. The Morgan fingerprint density at radius 2 is 1.90 bits per heavy atom. The monoisotopic (exact) mass is 141 g/mol. The van der Waals surface area contributed by atoms with E-state index in [1.54, 1.807) is 0 Å². The highest BCUT2D eigenvalue weighted by Crippen LogP contribution is 1.97. The maximum atomic E-state index is 3.41. The van der Waals surface area contributed by atoms with E-state index in [2.05, 4.69) is 45.2 Å². The predicted octanol–water partition coefficient (Wildman–Crippen LogP) is 2.34. The fourth-order valence-corrected chi connectivity index (χ4v) is 0.697. The van der Waals surface area contributed by atoms with Gasteiger partial charge in [0.05, 0.1) is 0 Å². The Bertz CT molecular complexity index is 97.8. The van der Waals surface area contributed by atoms with Crippen molar-refractivity contribution >= 4 is 0 Å². The molecule has 1 N–H and O–H groups in total. The lowest BCUT2D eigenvalue weighted by atomic mass is 10.1. The molecule has 10 heavy (non-hydrogen) atoms. The Morgan fingerprint density at radius 1 is 1.30 bits per heavy atom. The Balaban J connectivity index is 3.20. The number of hydrogen-bond donors (Lipinski definition) is 1. The zero-order chi connectivity index (χ0) is 8.04.